The van der Waals surface area contributed by atoms with E-state index in [0.717, 1.165) is 23.0 Å². The lowest BCUT2D eigenvalue weighted by Gasteiger charge is -2.24. The molecule has 0 spiro atoms. The van der Waals surface area contributed by atoms with Crippen LogP contribution in [0.15, 0.2) is 30.3 Å². The first-order valence-electron chi connectivity index (χ1n) is 9.25. The second-order valence-electron chi connectivity index (χ2n) is 8.32. The van der Waals surface area contributed by atoms with E-state index >= 15 is 0 Å². The third kappa shape index (κ3) is 4.24. The summed E-state index contributed by atoms with van der Waals surface area (Å²) in [5.41, 5.74) is 0.664. The third-order valence-electron chi connectivity index (χ3n) is 4.87. The van der Waals surface area contributed by atoms with Gasteiger partial charge >= 0.3 is 6.18 Å². The van der Waals surface area contributed by atoms with Crippen molar-refractivity contribution in [2.75, 3.05) is 0 Å². The van der Waals surface area contributed by atoms with Gasteiger partial charge < -0.3 is 15.0 Å². The van der Waals surface area contributed by atoms with Gasteiger partial charge in [0.25, 0.3) is 0 Å². The van der Waals surface area contributed by atoms with Gasteiger partial charge in [0, 0.05) is 6.42 Å². The molecule has 0 aliphatic heterocycles. The minimum Gasteiger partial charge on any atom is -0.548 e. The van der Waals surface area contributed by atoms with Crippen LogP contribution in [0, 0.1) is 6.92 Å². The monoisotopic (exact) mass is 420 g/mol. The zero-order valence-corrected chi connectivity index (χ0v) is 16.9. The van der Waals surface area contributed by atoms with Gasteiger partial charge in [-0.2, -0.15) is 28.2 Å². The number of halogens is 3. The van der Waals surface area contributed by atoms with E-state index in [1.807, 2.05) is 20.8 Å². The molecule has 0 saturated carbocycles. The van der Waals surface area contributed by atoms with Gasteiger partial charge in [-0.15, -0.1) is 0 Å². The van der Waals surface area contributed by atoms with Crippen LogP contribution in [0.25, 0.3) is 11.0 Å². The topological polar surface area (TPSA) is 91.1 Å². The molecule has 0 aliphatic carbocycles. The fourth-order valence-corrected chi connectivity index (χ4v) is 3.27. The smallest absolute Gasteiger partial charge is 0.416 e. The number of carbonyl (C=O) groups excluding carboxylic acids is 1. The Morgan fingerprint density at radius 2 is 1.77 bits per heavy atom. The number of phenolic OH excluding ortho intramolecular Hbond substituents is 1. The Morgan fingerprint density at radius 3 is 2.33 bits per heavy atom. The molecule has 0 radical (unpaired) electrons. The highest BCUT2D eigenvalue weighted by atomic mass is 19.4. The minimum absolute atomic E-state index is 0.0559. The number of rotatable bonds is 4. The van der Waals surface area contributed by atoms with E-state index in [1.54, 1.807) is 19.1 Å². The number of aromatic nitrogens is 3. The fourth-order valence-electron chi connectivity index (χ4n) is 3.27. The van der Waals surface area contributed by atoms with E-state index in [-0.39, 0.29) is 28.6 Å². The van der Waals surface area contributed by atoms with Crippen molar-refractivity contribution >= 4 is 17.0 Å². The summed E-state index contributed by atoms with van der Waals surface area (Å²) < 4.78 is 38.8. The predicted molar refractivity (Wildman–Crippen MR) is 102 cm³/mol. The summed E-state index contributed by atoms with van der Waals surface area (Å²) in [6.45, 7) is 7.46. The SMILES string of the molecule is Cc1cc(CC(C(=O)[O-])n2nc3ccc(C(F)(F)F)cc3n2)cc(C(C)(C)C)c1O. The van der Waals surface area contributed by atoms with E-state index in [2.05, 4.69) is 10.2 Å². The summed E-state index contributed by atoms with van der Waals surface area (Å²) in [7, 11) is 0. The number of carboxylic acids is 1. The van der Waals surface area contributed by atoms with Gasteiger partial charge in [-0.25, -0.2) is 0 Å². The van der Waals surface area contributed by atoms with Gasteiger partial charge in [-0.1, -0.05) is 32.9 Å². The predicted octanol–water partition coefficient (Wildman–Crippen LogP) is 3.30. The van der Waals surface area contributed by atoms with Crippen LogP contribution in [-0.2, 0) is 22.8 Å². The van der Waals surface area contributed by atoms with Crippen LogP contribution in [0.3, 0.4) is 0 Å². The molecule has 0 amide bonds. The van der Waals surface area contributed by atoms with Crippen molar-refractivity contribution in [3.63, 3.8) is 0 Å². The van der Waals surface area contributed by atoms with Crippen LogP contribution in [0.2, 0.25) is 0 Å². The van der Waals surface area contributed by atoms with Crippen LogP contribution in [-0.4, -0.2) is 26.1 Å². The molecule has 3 rings (SSSR count). The average molecular weight is 420 g/mol. The minimum atomic E-state index is -4.54. The molecule has 1 N–H and O–H groups in total. The number of phenols is 1. The maximum atomic E-state index is 12.9. The molecule has 1 heterocycles. The Hall–Kier alpha value is -3.10. The maximum Gasteiger partial charge on any atom is 0.416 e. The summed E-state index contributed by atoms with van der Waals surface area (Å²) >= 11 is 0. The van der Waals surface area contributed by atoms with Crippen LogP contribution in [0.4, 0.5) is 13.2 Å². The molecule has 0 saturated heterocycles. The highest BCUT2D eigenvalue weighted by Gasteiger charge is 2.31. The molecular formula is C21H21F3N3O3-. The van der Waals surface area contributed by atoms with Gasteiger partial charge in [0.2, 0.25) is 0 Å². The number of aliphatic carboxylic acids is 1. The summed E-state index contributed by atoms with van der Waals surface area (Å²) in [5.74, 6) is -1.33. The van der Waals surface area contributed by atoms with Crippen molar-refractivity contribution < 1.29 is 28.2 Å². The van der Waals surface area contributed by atoms with Crippen molar-refractivity contribution in [3.8, 4) is 5.75 Å². The van der Waals surface area contributed by atoms with Crippen LogP contribution in [0.1, 0.15) is 49.1 Å². The largest absolute Gasteiger partial charge is 0.548 e. The van der Waals surface area contributed by atoms with Crippen molar-refractivity contribution in [1.29, 1.82) is 0 Å². The number of carboxylic acid groups (broad SMARTS) is 1. The van der Waals surface area contributed by atoms with Crippen molar-refractivity contribution in [1.82, 2.24) is 15.0 Å². The lowest BCUT2D eigenvalue weighted by Crippen LogP contribution is -2.35. The third-order valence-corrected chi connectivity index (χ3v) is 4.87. The molecule has 160 valence electrons. The zero-order valence-electron chi connectivity index (χ0n) is 16.9. The van der Waals surface area contributed by atoms with Crippen LogP contribution < -0.4 is 5.11 Å². The molecule has 30 heavy (non-hydrogen) atoms. The molecular weight excluding hydrogens is 399 g/mol. The first kappa shape index (κ1) is 21.6. The molecule has 3 aromatic rings. The quantitative estimate of drug-likeness (QED) is 0.699. The van der Waals surface area contributed by atoms with Crippen LogP contribution in [0.5, 0.6) is 5.75 Å². The number of fused-ring (bicyclic) bond motifs is 1. The van der Waals surface area contributed by atoms with Gasteiger partial charge in [0.15, 0.2) is 0 Å². The van der Waals surface area contributed by atoms with Gasteiger partial charge in [0.05, 0.1) is 11.5 Å². The molecule has 0 bridgehead atoms. The fraction of sp³-hybridized carbons (Fsp3) is 0.381. The Kier molecular flexibility index (Phi) is 5.26. The lowest BCUT2D eigenvalue weighted by molar-refractivity contribution is -0.311. The Morgan fingerprint density at radius 1 is 1.13 bits per heavy atom. The highest BCUT2D eigenvalue weighted by molar-refractivity contribution is 5.76. The van der Waals surface area contributed by atoms with Crippen molar-refractivity contribution in [3.05, 3.63) is 52.6 Å². The second kappa shape index (κ2) is 7.30. The summed E-state index contributed by atoms with van der Waals surface area (Å²) in [6.07, 6.45) is -4.60. The summed E-state index contributed by atoms with van der Waals surface area (Å²) in [4.78, 5) is 12.7. The van der Waals surface area contributed by atoms with Crippen molar-refractivity contribution in [2.45, 2.75) is 51.7 Å². The summed E-state index contributed by atoms with van der Waals surface area (Å²) in [5, 5.41) is 30.1. The number of benzene rings is 2. The first-order chi connectivity index (χ1) is 13.8. The standard InChI is InChI=1S/C21H22F3N3O3/c1-11-7-12(8-14(18(11)28)20(2,3)4)9-17(19(29)30)27-25-15-6-5-13(21(22,23)24)10-16(15)26-27/h5-8,10,17,28H,9H2,1-4H3,(H,29,30)/p-1. The number of nitrogens with zero attached hydrogens (tertiary/aromatic N) is 3. The van der Waals surface area contributed by atoms with Gasteiger partial charge in [-0.05, 0) is 47.2 Å². The van der Waals surface area contributed by atoms with Crippen LogP contribution >= 0.6 is 0 Å². The molecule has 1 unspecified atom stereocenters. The number of carbonyl (C=O) groups is 1. The molecule has 0 fully saturated rings. The number of alkyl halides is 3. The lowest BCUT2D eigenvalue weighted by atomic mass is 9.83. The van der Waals surface area contributed by atoms with Gasteiger partial charge in [-0.3, -0.25) is 0 Å². The number of hydrogen-bond acceptors (Lipinski definition) is 5. The van der Waals surface area contributed by atoms with Gasteiger partial charge in [0.1, 0.15) is 22.8 Å². The molecule has 9 heteroatoms. The van der Waals surface area contributed by atoms with Crippen molar-refractivity contribution in [2.24, 2.45) is 0 Å². The molecule has 2 aromatic carbocycles. The second-order valence-corrected chi connectivity index (χ2v) is 8.32. The number of aryl methyl sites for hydroxylation is 1. The van der Waals surface area contributed by atoms with E-state index in [1.165, 1.54) is 0 Å². The van der Waals surface area contributed by atoms with E-state index in [4.69, 9.17) is 0 Å². The zero-order chi connectivity index (χ0) is 22.4. The Bertz CT molecular complexity index is 1110. The molecule has 6 nitrogen and oxygen atoms in total. The Labute approximate surface area is 170 Å². The highest BCUT2D eigenvalue weighted by Crippen LogP contribution is 2.35. The van der Waals surface area contributed by atoms with E-state index in [9.17, 15) is 28.2 Å². The van der Waals surface area contributed by atoms with E-state index < -0.39 is 23.8 Å². The average Bonchev–Trinajstić information content (AvgIpc) is 3.03. The normalized spacial score (nSPS) is 13.6. The Balaban J connectivity index is 2.02. The maximum absolute atomic E-state index is 12.9. The van der Waals surface area contributed by atoms with E-state index in [0.29, 0.717) is 16.7 Å². The number of hydrogen-bond donors (Lipinski definition) is 1. The molecule has 1 aromatic heterocycles. The summed E-state index contributed by atoms with van der Waals surface area (Å²) in [6, 6.07) is 4.89. The first-order valence-corrected chi connectivity index (χ1v) is 9.25. The number of aromatic hydroxyl groups is 1. The molecule has 1 atom stereocenters. The molecule has 0 aliphatic rings.